The van der Waals surface area contributed by atoms with Crippen LogP contribution >= 0.6 is 0 Å². The molecule has 0 saturated carbocycles. The van der Waals surface area contributed by atoms with Gasteiger partial charge in [-0.1, -0.05) is 111 Å². The fourth-order valence-electron chi connectivity index (χ4n) is 7.05. The number of nitrogens with zero attached hydrogens (tertiary/aromatic N) is 3. The van der Waals surface area contributed by atoms with Crippen LogP contribution in [0.5, 0.6) is 0 Å². The molecule has 0 spiro atoms. The molecular weight excluding hydrogens is 500 g/mol. The molecule has 2 aliphatic carbocycles. The van der Waals surface area contributed by atoms with Crippen LogP contribution in [0.4, 0.5) is 0 Å². The van der Waals surface area contributed by atoms with Gasteiger partial charge in [-0.2, -0.15) is 0 Å². The second-order valence-corrected chi connectivity index (χ2v) is 12.0. The van der Waals surface area contributed by atoms with Gasteiger partial charge in [0, 0.05) is 34.6 Å². The minimum atomic E-state index is -0.883. The van der Waals surface area contributed by atoms with Crippen molar-refractivity contribution in [1.82, 2.24) is 9.88 Å². The number of amidine groups is 2. The van der Waals surface area contributed by atoms with E-state index in [-0.39, 0.29) is 11.3 Å². The van der Waals surface area contributed by atoms with Crippen molar-refractivity contribution < 1.29 is 0 Å². The molecule has 8 rings (SSSR count). The molecule has 0 saturated heterocycles. The fourth-order valence-corrected chi connectivity index (χ4v) is 7.05. The lowest BCUT2D eigenvalue weighted by Crippen LogP contribution is -2.45. The van der Waals surface area contributed by atoms with Gasteiger partial charge in [-0.3, -0.25) is 4.57 Å². The van der Waals surface area contributed by atoms with Crippen molar-refractivity contribution in [3.63, 3.8) is 0 Å². The summed E-state index contributed by atoms with van der Waals surface area (Å²) >= 11 is 0. The molecule has 4 heteroatoms. The number of para-hydroxylation sites is 1. The van der Waals surface area contributed by atoms with Crippen LogP contribution < -0.4 is 5.32 Å². The number of rotatable bonds is 3. The van der Waals surface area contributed by atoms with E-state index in [1.54, 1.807) is 0 Å². The van der Waals surface area contributed by atoms with Crippen molar-refractivity contribution in [2.24, 2.45) is 15.9 Å². The van der Waals surface area contributed by atoms with E-state index in [4.69, 9.17) is 9.98 Å². The Kier molecular flexibility index (Phi) is 5.09. The first-order valence-corrected chi connectivity index (χ1v) is 14.5. The van der Waals surface area contributed by atoms with Crippen LogP contribution in [0.2, 0.25) is 0 Å². The number of aromatic nitrogens is 1. The van der Waals surface area contributed by atoms with E-state index in [0.29, 0.717) is 0 Å². The Morgan fingerprint density at radius 2 is 1.51 bits per heavy atom. The summed E-state index contributed by atoms with van der Waals surface area (Å²) in [4.78, 5) is 10.8. The van der Waals surface area contributed by atoms with Crippen molar-refractivity contribution in [3.8, 4) is 11.1 Å². The van der Waals surface area contributed by atoms with Crippen LogP contribution in [-0.2, 0) is 11.2 Å². The topological polar surface area (TPSA) is 41.7 Å². The van der Waals surface area contributed by atoms with Gasteiger partial charge in [-0.05, 0) is 46.9 Å². The van der Waals surface area contributed by atoms with Gasteiger partial charge in [0.15, 0.2) is 0 Å². The summed E-state index contributed by atoms with van der Waals surface area (Å²) < 4.78 is 2.36. The minimum absolute atomic E-state index is 0.0947. The molecular formula is C37H32N4. The molecule has 1 N–H and O–H groups in total. The molecule has 2 unspecified atom stereocenters. The number of aliphatic imine (C=N–C) groups is 2. The first-order chi connectivity index (χ1) is 19.9. The van der Waals surface area contributed by atoms with Crippen LogP contribution in [0.15, 0.2) is 125 Å². The normalized spacial score (nSPS) is 22.3. The van der Waals surface area contributed by atoms with E-state index in [0.717, 1.165) is 34.7 Å². The van der Waals surface area contributed by atoms with Gasteiger partial charge in [-0.25, -0.2) is 9.98 Å². The predicted molar refractivity (Wildman–Crippen MR) is 171 cm³/mol. The summed E-state index contributed by atoms with van der Waals surface area (Å²) in [5, 5.41) is 6.08. The zero-order chi connectivity index (χ0) is 27.8. The molecule has 5 aromatic rings. The van der Waals surface area contributed by atoms with Crippen LogP contribution in [-0.4, -0.2) is 16.2 Å². The molecule has 2 atom stereocenters. The van der Waals surface area contributed by atoms with Crippen molar-refractivity contribution in [1.29, 1.82) is 0 Å². The average Bonchev–Trinajstić information content (AvgIpc) is 3.46. The molecule has 1 aliphatic heterocycles. The van der Waals surface area contributed by atoms with E-state index in [2.05, 4.69) is 140 Å². The van der Waals surface area contributed by atoms with Crippen LogP contribution in [0.1, 0.15) is 43.9 Å². The maximum absolute atomic E-state index is 5.42. The number of hydrogen-bond acceptors (Lipinski definition) is 3. The number of fused-ring (bicyclic) bond motifs is 6. The van der Waals surface area contributed by atoms with E-state index >= 15 is 0 Å². The zero-order valence-electron chi connectivity index (χ0n) is 23.6. The molecule has 1 aromatic heterocycles. The Morgan fingerprint density at radius 3 is 2.34 bits per heavy atom. The maximum Gasteiger partial charge on any atom is 0.232 e. The highest BCUT2D eigenvalue weighted by molar-refractivity contribution is 6.13. The van der Waals surface area contributed by atoms with Crippen LogP contribution in [0.3, 0.4) is 0 Å². The summed E-state index contributed by atoms with van der Waals surface area (Å²) in [5.74, 6) is 1.08. The SMILES string of the molecule is CC1(C)c2ccccc2-c2cc3c4ccccc4n(C4(C)N=C(c5ccccc5)NC(C5C=CC=CC5)=N4)c3cc21. The van der Waals surface area contributed by atoms with E-state index in [1.165, 1.54) is 33.0 Å². The quantitative estimate of drug-likeness (QED) is 0.249. The van der Waals surface area contributed by atoms with Crippen LogP contribution in [0.25, 0.3) is 32.9 Å². The summed E-state index contributed by atoms with van der Waals surface area (Å²) in [5.41, 5.74) is 8.66. The first kappa shape index (κ1) is 24.1. The highest BCUT2D eigenvalue weighted by Gasteiger charge is 2.39. The van der Waals surface area contributed by atoms with Crippen molar-refractivity contribution in [2.75, 3.05) is 0 Å². The van der Waals surface area contributed by atoms with Crippen molar-refractivity contribution in [3.05, 3.63) is 132 Å². The Labute approximate surface area is 240 Å². The molecule has 4 nitrogen and oxygen atoms in total. The lowest BCUT2D eigenvalue weighted by atomic mass is 9.82. The van der Waals surface area contributed by atoms with Gasteiger partial charge in [0.1, 0.15) is 11.7 Å². The number of allylic oxidation sites excluding steroid dienone is 3. The number of hydrogen-bond donors (Lipinski definition) is 1. The minimum Gasteiger partial charge on any atom is -0.328 e. The molecule has 4 aromatic carbocycles. The summed E-state index contributed by atoms with van der Waals surface area (Å²) in [6.07, 6.45) is 9.59. The second-order valence-electron chi connectivity index (χ2n) is 12.0. The molecule has 3 aliphatic rings. The van der Waals surface area contributed by atoms with E-state index < -0.39 is 5.79 Å². The Morgan fingerprint density at radius 1 is 0.732 bits per heavy atom. The van der Waals surface area contributed by atoms with E-state index in [1.807, 2.05) is 6.07 Å². The monoisotopic (exact) mass is 532 g/mol. The average molecular weight is 533 g/mol. The highest BCUT2D eigenvalue weighted by atomic mass is 15.4. The van der Waals surface area contributed by atoms with Gasteiger partial charge in [0.25, 0.3) is 0 Å². The Hall–Kier alpha value is -4.70. The van der Waals surface area contributed by atoms with Gasteiger partial charge >= 0.3 is 0 Å². The lowest BCUT2D eigenvalue weighted by molar-refractivity contribution is 0.368. The molecule has 2 heterocycles. The molecule has 200 valence electrons. The van der Waals surface area contributed by atoms with Gasteiger partial charge in [0.05, 0.1) is 11.0 Å². The Balaban J connectivity index is 1.42. The first-order valence-electron chi connectivity index (χ1n) is 14.5. The van der Waals surface area contributed by atoms with Crippen molar-refractivity contribution in [2.45, 2.75) is 38.4 Å². The molecule has 0 fully saturated rings. The number of nitrogens with one attached hydrogen (secondary N) is 1. The molecule has 0 amide bonds. The standard InChI is InChI=1S/C37H32N4/c1-36(2)30-20-12-10-18-26(30)28-22-29-27-19-11-13-21-32(27)41(33(29)23-31(28)36)37(3)39-34(24-14-6-4-7-15-24)38-35(40-37)25-16-8-5-9-17-25/h4-16,18-23,25H,17H2,1-3H3,(H,38,39,40). The smallest absolute Gasteiger partial charge is 0.232 e. The van der Waals surface area contributed by atoms with Gasteiger partial charge in [-0.15, -0.1) is 0 Å². The highest BCUT2D eigenvalue weighted by Crippen LogP contribution is 2.51. The summed E-state index contributed by atoms with van der Waals surface area (Å²) in [6, 6.07) is 32.8. The Bertz CT molecular complexity index is 1990. The third kappa shape index (κ3) is 3.53. The van der Waals surface area contributed by atoms with Gasteiger partial charge in [0.2, 0.25) is 5.79 Å². The fraction of sp³-hybridized carbons (Fsp3) is 0.189. The maximum atomic E-state index is 5.42. The van der Waals surface area contributed by atoms with Crippen molar-refractivity contribution >= 4 is 33.5 Å². The van der Waals surface area contributed by atoms with E-state index in [9.17, 15) is 0 Å². The second kappa shape index (κ2) is 8.65. The predicted octanol–water partition coefficient (Wildman–Crippen LogP) is 8.31. The molecule has 41 heavy (non-hydrogen) atoms. The third-order valence-electron chi connectivity index (χ3n) is 9.08. The largest absolute Gasteiger partial charge is 0.328 e. The molecule has 0 radical (unpaired) electrons. The van der Waals surface area contributed by atoms with Crippen LogP contribution in [0, 0.1) is 5.92 Å². The number of benzene rings is 4. The third-order valence-corrected chi connectivity index (χ3v) is 9.08. The summed E-state index contributed by atoms with van der Waals surface area (Å²) in [6.45, 7) is 6.83. The zero-order valence-corrected chi connectivity index (χ0v) is 23.6. The van der Waals surface area contributed by atoms with Gasteiger partial charge < -0.3 is 5.32 Å². The summed E-state index contributed by atoms with van der Waals surface area (Å²) in [7, 11) is 0. The molecule has 0 bridgehead atoms. The lowest BCUT2D eigenvalue weighted by Gasteiger charge is -2.34.